The molecule has 1 aliphatic carbocycles. The molecule has 5 aliphatic heterocycles. The summed E-state index contributed by atoms with van der Waals surface area (Å²) in [6.07, 6.45) is 9.09. The second kappa shape index (κ2) is 20.0. The fourth-order valence-electron chi connectivity index (χ4n) is 14.0. The zero-order valence-corrected chi connectivity index (χ0v) is 45.6. The number of carbonyl (C=O) groups is 3. The molecule has 17 nitrogen and oxygen atoms in total. The number of hydrogen-bond acceptors (Lipinski definition) is 16. The molecule has 3 N–H and O–H groups in total. The summed E-state index contributed by atoms with van der Waals surface area (Å²) in [4.78, 5) is 68.4. The molecule has 5 saturated heterocycles. The topological polar surface area (TPSA) is 201 Å². The molecule has 5 fully saturated rings. The number of aldehydes is 1. The van der Waals surface area contributed by atoms with Gasteiger partial charge in [0.05, 0.1) is 44.3 Å². The number of nitrogens with zero attached hydrogens (tertiary/aromatic N) is 8. The first kappa shape index (κ1) is 50.5. The predicted molar refractivity (Wildman–Crippen MR) is 297 cm³/mol. The molecule has 9 atom stereocenters. The highest BCUT2D eigenvalue weighted by Crippen LogP contribution is 2.49. The van der Waals surface area contributed by atoms with Gasteiger partial charge >= 0.3 is 6.01 Å². The molecule has 0 spiro atoms. The second-order valence-electron chi connectivity index (χ2n) is 23.2. The summed E-state index contributed by atoms with van der Waals surface area (Å²) in [5.74, 6) is -0.339. The molecule has 9 heterocycles. The van der Waals surface area contributed by atoms with E-state index in [0.717, 1.165) is 130 Å². The van der Waals surface area contributed by atoms with Crippen LogP contribution in [0.15, 0.2) is 76.9 Å². The molecule has 0 radical (unpaired) electrons. The number of phenols is 1. The first-order valence-corrected chi connectivity index (χ1v) is 28.7. The molecule has 3 aromatic carbocycles. The number of pyridine rings is 1. The molecule has 6 aliphatic rings. The van der Waals surface area contributed by atoms with Crippen LogP contribution in [0.5, 0.6) is 17.6 Å². The van der Waals surface area contributed by atoms with Gasteiger partial charge in [-0.1, -0.05) is 63.2 Å². The van der Waals surface area contributed by atoms with Crippen LogP contribution < -0.4 is 25.0 Å². The van der Waals surface area contributed by atoms with Crippen molar-refractivity contribution in [3.8, 4) is 39.3 Å². The minimum atomic E-state index is -0.824. The lowest BCUT2D eigenvalue weighted by Gasteiger charge is -2.36. The third kappa shape index (κ3) is 8.83. The molecule has 7 aromatic rings. The maximum atomic E-state index is 14.6. The lowest BCUT2D eigenvalue weighted by Crippen LogP contribution is -2.51. The van der Waals surface area contributed by atoms with Gasteiger partial charge in [-0.3, -0.25) is 19.5 Å². The number of aromatic hydroxyl groups is 1. The predicted octanol–water partition coefficient (Wildman–Crippen LogP) is 8.86. The smallest absolute Gasteiger partial charge is 0.319 e. The number of likely N-dealkylation sites (tertiary alicyclic amines) is 1. The average Bonchev–Trinajstić information content (AvgIpc) is 4.30. The fraction of sp³-hybridized carbons (Fsp3) is 0.467. The van der Waals surface area contributed by atoms with Gasteiger partial charge in [0.15, 0.2) is 5.76 Å². The third-order valence-electron chi connectivity index (χ3n) is 18.0. The largest absolute Gasteiger partial charge is 0.508 e. The van der Waals surface area contributed by atoms with Gasteiger partial charge in [-0.2, -0.15) is 9.97 Å². The fourth-order valence-corrected chi connectivity index (χ4v) is 14.9. The van der Waals surface area contributed by atoms with E-state index in [-0.39, 0.29) is 60.0 Å². The van der Waals surface area contributed by atoms with Crippen molar-refractivity contribution < 1.29 is 33.5 Å². The van der Waals surface area contributed by atoms with E-state index in [0.29, 0.717) is 42.9 Å². The van der Waals surface area contributed by atoms with Gasteiger partial charge in [0.25, 0.3) is 5.88 Å². The number of nitrogens with one attached hydrogen (secondary N) is 2. The molecule has 78 heavy (non-hydrogen) atoms. The van der Waals surface area contributed by atoms with Crippen molar-refractivity contribution in [2.75, 3.05) is 44.3 Å². The Bertz CT molecular complexity index is 3460. The van der Waals surface area contributed by atoms with Crippen LogP contribution in [0.3, 0.4) is 0 Å². The summed E-state index contributed by atoms with van der Waals surface area (Å²) in [5, 5.41) is 25.1. The lowest BCUT2D eigenvalue weighted by atomic mass is 9.79. The van der Waals surface area contributed by atoms with Gasteiger partial charge in [-0.15, -0.1) is 11.3 Å². The number of thiazole rings is 1. The Hall–Kier alpha value is -7.02. The highest BCUT2D eigenvalue weighted by atomic mass is 32.1. The van der Waals surface area contributed by atoms with Crippen molar-refractivity contribution in [2.45, 2.75) is 127 Å². The molecule has 2 bridgehead atoms. The van der Waals surface area contributed by atoms with Gasteiger partial charge in [-0.25, -0.2) is 4.98 Å². The van der Waals surface area contributed by atoms with Crippen molar-refractivity contribution in [3.63, 3.8) is 0 Å². The van der Waals surface area contributed by atoms with Crippen molar-refractivity contribution in [1.82, 2.24) is 45.5 Å². The van der Waals surface area contributed by atoms with Crippen molar-refractivity contribution in [2.24, 2.45) is 11.8 Å². The number of ether oxygens (including phenoxy) is 2. The van der Waals surface area contributed by atoms with Gasteiger partial charge in [0.2, 0.25) is 11.8 Å². The van der Waals surface area contributed by atoms with Crippen LogP contribution in [0.2, 0.25) is 0 Å². The minimum absolute atomic E-state index is 0.0139. The molecule has 13 rings (SSSR count). The van der Waals surface area contributed by atoms with Crippen LogP contribution >= 0.6 is 11.3 Å². The Kier molecular flexibility index (Phi) is 13.0. The van der Waals surface area contributed by atoms with Crippen LogP contribution in [0, 0.1) is 18.8 Å². The van der Waals surface area contributed by atoms with E-state index in [1.165, 1.54) is 5.56 Å². The molecule has 4 unspecified atom stereocenters. The normalized spacial score (nSPS) is 25.2. The number of fused-ring (bicyclic) bond motifs is 7. The minimum Gasteiger partial charge on any atom is -0.508 e. The molecule has 4 aromatic heterocycles. The van der Waals surface area contributed by atoms with E-state index in [4.69, 9.17) is 28.9 Å². The van der Waals surface area contributed by atoms with Gasteiger partial charge < -0.3 is 44.3 Å². The molecular weight excluding hydrogens is 1000 g/mol. The molecule has 404 valence electrons. The summed E-state index contributed by atoms with van der Waals surface area (Å²) in [6.45, 7) is 13.5. The van der Waals surface area contributed by atoms with E-state index in [1.807, 2.05) is 81.9 Å². The van der Waals surface area contributed by atoms with Crippen LogP contribution in [0.4, 0.5) is 5.82 Å². The van der Waals surface area contributed by atoms with Crippen LogP contribution in [0.25, 0.3) is 43.4 Å². The van der Waals surface area contributed by atoms with E-state index >= 15 is 0 Å². The second-order valence-corrected chi connectivity index (χ2v) is 24.0. The summed E-state index contributed by atoms with van der Waals surface area (Å²) in [6, 6.07) is 19.8. The first-order valence-electron chi connectivity index (χ1n) is 27.9. The number of amides is 2. The van der Waals surface area contributed by atoms with Gasteiger partial charge in [-0.05, 0) is 116 Å². The Morgan fingerprint density at radius 3 is 2.59 bits per heavy atom. The highest BCUT2D eigenvalue weighted by Gasteiger charge is 2.51. The number of rotatable bonds is 15. The summed E-state index contributed by atoms with van der Waals surface area (Å²) in [7, 11) is 0. The SMILES string of the molecule is Cc1ncsc1-c1ccc([C@H](C)NC(=O)[C@@H]2CC(C=O)CN2C(=O)[C@H](c2cc(OC[C@H]3CC[C@]4(COc5nc(N6CC7CCC(C6)N7)c6cnc7c(c6n5)C(C)c5cccc6cc(O)cc-7c56)CCCN34)no2)C(C)C)cc1. The van der Waals surface area contributed by atoms with E-state index < -0.39 is 17.9 Å². The van der Waals surface area contributed by atoms with Crippen molar-refractivity contribution in [3.05, 3.63) is 101 Å². The number of benzene rings is 3. The number of hydrogen-bond donors (Lipinski definition) is 3. The van der Waals surface area contributed by atoms with E-state index in [2.05, 4.69) is 49.6 Å². The summed E-state index contributed by atoms with van der Waals surface area (Å²) >= 11 is 1.59. The lowest BCUT2D eigenvalue weighted by molar-refractivity contribution is -0.141. The highest BCUT2D eigenvalue weighted by molar-refractivity contribution is 7.13. The summed E-state index contributed by atoms with van der Waals surface area (Å²) < 4.78 is 19.2. The standard InChI is InChI=1S/C60H66N10O7S/c1-32(2)50(58(74)69-25-36(28-71)20-47(69)57(73)63-34(4)37-10-12-38(13-11-37)55-35(5)62-31-78-55)48-23-49(67-77-48)75-29-42-16-18-60(17-7-19-70(42)60)30-76-59-65-54-46(56(66-59)68-26-40-14-15-41(27-68)64-40)24-61-53-45-22-43(72)21-39-8-6-9-44(52(39)45)33(3)51(53)54/h6,8-13,21-24,28,31-34,36,40-42,47,50,64,72H,7,14-20,25-27,29-30H2,1-5H3,(H,63,73)/t33?,34-,36?,40?,41?,42+,47-,50-,60-/m0/s1. The first-order chi connectivity index (χ1) is 37.8. The number of piperazine rings is 1. The zero-order chi connectivity index (χ0) is 53.6. The van der Waals surface area contributed by atoms with E-state index in [9.17, 15) is 19.5 Å². The maximum absolute atomic E-state index is 14.6. The number of aryl methyl sites for hydroxylation is 1. The number of aromatic nitrogens is 5. The van der Waals surface area contributed by atoms with Crippen molar-refractivity contribution in [1.29, 1.82) is 0 Å². The Morgan fingerprint density at radius 1 is 1.00 bits per heavy atom. The number of carbonyl (C=O) groups excluding carboxylic acids is 3. The average molecular weight is 1070 g/mol. The molecule has 0 saturated carbocycles. The number of anilines is 1. The maximum Gasteiger partial charge on any atom is 0.319 e. The third-order valence-corrected chi connectivity index (χ3v) is 18.9. The summed E-state index contributed by atoms with van der Waals surface area (Å²) in [5.41, 5.74) is 9.33. The molecule has 2 amide bonds. The van der Waals surface area contributed by atoms with Crippen LogP contribution in [-0.2, 0) is 14.4 Å². The number of phenolic OH excluding ortho intramolecular Hbond substituents is 1. The van der Waals surface area contributed by atoms with Crippen molar-refractivity contribution >= 4 is 56.9 Å². The Labute approximate surface area is 457 Å². The van der Waals surface area contributed by atoms with Crippen LogP contribution in [-0.4, -0.2) is 127 Å². The Balaban J connectivity index is 0.701. The molecular formula is C60H66N10O7S. The molecule has 18 heteroatoms. The monoisotopic (exact) mass is 1070 g/mol. The zero-order valence-electron chi connectivity index (χ0n) is 44.8. The quantitative estimate of drug-likeness (QED) is 0.0822. The Morgan fingerprint density at radius 2 is 1.82 bits per heavy atom. The van der Waals surface area contributed by atoms with Gasteiger partial charge in [0.1, 0.15) is 43.0 Å². The van der Waals surface area contributed by atoms with Gasteiger partial charge in [0, 0.05) is 73.0 Å². The van der Waals surface area contributed by atoms with Crippen LogP contribution in [0.1, 0.15) is 119 Å². The van der Waals surface area contributed by atoms with E-state index in [1.54, 1.807) is 22.3 Å².